The highest BCUT2D eigenvalue weighted by Gasteiger charge is 2.39. The third kappa shape index (κ3) is 1.61. The second-order valence-electron chi connectivity index (χ2n) is 3.96. The van der Waals surface area contributed by atoms with Crippen LogP contribution in [0.1, 0.15) is 13.8 Å². The lowest BCUT2D eigenvalue weighted by atomic mass is 9.94. The van der Waals surface area contributed by atoms with Crippen molar-refractivity contribution in [2.45, 2.75) is 19.9 Å². The van der Waals surface area contributed by atoms with Crippen molar-refractivity contribution in [3.8, 4) is 0 Å². The molecule has 0 saturated heterocycles. The average Bonchev–Trinajstić information content (AvgIpc) is 2.15. The summed E-state index contributed by atoms with van der Waals surface area (Å²) in [6, 6.07) is -0.107. The highest BCUT2D eigenvalue weighted by molar-refractivity contribution is 7.80. The fraction of sp³-hybridized carbons (Fsp3) is 0.364. The molecule has 5 heteroatoms. The molecule has 1 aliphatic carbocycles. The second-order valence-corrected chi connectivity index (χ2v) is 4.33. The molecule has 2 rings (SSSR count). The van der Waals surface area contributed by atoms with Gasteiger partial charge in [-0.1, -0.05) is 6.08 Å². The third-order valence-electron chi connectivity index (χ3n) is 2.53. The number of hydrogen-bond donors (Lipinski definition) is 0. The summed E-state index contributed by atoms with van der Waals surface area (Å²) in [5.41, 5.74) is 0.395. The molecule has 0 aromatic heterocycles. The first-order valence-corrected chi connectivity index (χ1v) is 5.42. The third-order valence-corrected chi connectivity index (χ3v) is 2.81. The second kappa shape index (κ2) is 3.90. The normalized spacial score (nSPS) is 24.5. The Hall–Kier alpha value is -1.36. The van der Waals surface area contributed by atoms with Gasteiger partial charge in [-0.15, -0.1) is 0 Å². The molecule has 0 aromatic carbocycles. The molecule has 0 saturated carbocycles. The zero-order chi connectivity index (χ0) is 11.9. The van der Waals surface area contributed by atoms with Crippen LogP contribution in [0.2, 0.25) is 0 Å². The molecule has 1 heterocycles. The number of carbonyl (C=O) groups is 1. The number of amides is 1. The van der Waals surface area contributed by atoms with Gasteiger partial charge in [0.15, 0.2) is 0 Å². The van der Waals surface area contributed by atoms with Crippen molar-refractivity contribution in [2.75, 3.05) is 0 Å². The van der Waals surface area contributed by atoms with E-state index in [2.05, 4.69) is 4.99 Å². The van der Waals surface area contributed by atoms with Crippen molar-refractivity contribution in [1.29, 1.82) is 0 Å². The zero-order valence-corrected chi connectivity index (χ0v) is 9.79. The molecule has 0 N–H and O–H groups in total. The number of halogens is 1. The smallest absolute Gasteiger partial charge is 0.245 e. The van der Waals surface area contributed by atoms with Crippen LogP contribution >= 0.6 is 12.2 Å². The van der Waals surface area contributed by atoms with E-state index in [4.69, 9.17) is 12.2 Å². The Balaban J connectivity index is 2.47. The van der Waals surface area contributed by atoms with Crippen molar-refractivity contribution in [2.24, 2.45) is 10.9 Å². The van der Waals surface area contributed by atoms with Gasteiger partial charge in [-0.2, -0.15) is 0 Å². The molecule has 1 amide bonds. The molecule has 0 spiro atoms. The quantitative estimate of drug-likeness (QED) is 0.654. The predicted octanol–water partition coefficient (Wildman–Crippen LogP) is 2.00. The molecule has 0 fully saturated rings. The first-order chi connectivity index (χ1) is 7.52. The lowest BCUT2D eigenvalue weighted by molar-refractivity contribution is -0.130. The van der Waals surface area contributed by atoms with Gasteiger partial charge in [-0.3, -0.25) is 9.69 Å². The number of allylic oxidation sites excluding steroid dienone is 3. The van der Waals surface area contributed by atoms with Gasteiger partial charge in [-0.25, -0.2) is 9.38 Å². The topological polar surface area (TPSA) is 32.7 Å². The van der Waals surface area contributed by atoms with Crippen LogP contribution in [0.4, 0.5) is 4.39 Å². The van der Waals surface area contributed by atoms with Crippen molar-refractivity contribution in [1.82, 2.24) is 4.90 Å². The van der Waals surface area contributed by atoms with Gasteiger partial charge in [-0.05, 0) is 38.2 Å². The van der Waals surface area contributed by atoms with Crippen molar-refractivity contribution >= 4 is 28.9 Å². The summed E-state index contributed by atoms with van der Waals surface area (Å²) in [6.07, 6.45) is 4.44. The van der Waals surface area contributed by atoms with Crippen LogP contribution in [-0.2, 0) is 4.79 Å². The first kappa shape index (κ1) is 11.1. The van der Waals surface area contributed by atoms with E-state index in [1.807, 2.05) is 13.8 Å². The Bertz CT molecular complexity index is 451. The summed E-state index contributed by atoms with van der Waals surface area (Å²) in [7, 11) is 0. The minimum atomic E-state index is -0.904. The van der Waals surface area contributed by atoms with Crippen LogP contribution < -0.4 is 0 Å². The number of fused-ring (bicyclic) bond motifs is 1. The molecule has 1 unspecified atom stereocenters. The van der Waals surface area contributed by atoms with Gasteiger partial charge < -0.3 is 0 Å². The van der Waals surface area contributed by atoms with E-state index in [0.29, 0.717) is 5.71 Å². The van der Waals surface area contributed by atoms with Gasteiger partial charge in [0.05, 0.1) is 5.71 Å². The van der Waals surface area contributed by atoms with Crippen molar-refractivity contribution < 1.29 is 9.18 Å². The van der Waals surface area contributed by atoms with E-state index in [1.54, 1.807) is 6.08 Å². The van der Waals surface area contributed by atoms with Gasteiger partial charge in [0.1, 0.15) is 11.7 Å². The van der Waals surface area contributed by atoms with E-state index in [9.17, 15) is 9.18 Å². The molecule has 2 aliphatic rings. The summed E-state index contributed by atoms with van der Waals surface area (Å²) in [5, 5.41) is 0.214. The Kier molecular flexibility index (Phi) is 2.71. The average molecular weight is 238 g/mol. The van der Waals surface area contributed by atoms with Crippen LogP contribution in [-0.4, -0.2) is 27.7 Å². The first-order valence-electron chi connectivity index (χ1n) is 5.01. The standard InChI is InChI=1S/C11H11FN2OS/c1-6(2)14-10(15)9-7(12)4-3-5-8(9)13-11(14)16/h3-6,9H,1-2H3. The number of nitrogens with zero attached hydrogens (tertiary/aromatic N) is 2. The van der Waals surface area contributed by atoms with Crippen molar-refractivity contribution in [3.63, 3.8) is 0 Å². The number of aliphatic imine (C=N–C) groups is 1. The minimum absolute atomic E-state index is 0.107. The van der Waals surface area contributed by atoms with E-state index in [1.165, 1.54) is 17.1 Å². The maximum atomic E-state index is 13.6. The Labute approximate surface area is 98.3 Å². The van der Waals surface area contributed by atoms with E-state index in [0.717, 1.165) is 0 Å². The number of rotatable bonds is 1. The molecule has 0 aromatic rings. The van der Waals surface area contributed by atoms with E-state index in [-0.39, 0.29) is 17.1 Å². The van der Waals surface area contributed by atoms with Gasteiger partial charge in [0.25, 0.3) is 0 Å². The largest absolute Gasteiger partial charge is 0.284 e. The summed E-state index contributed by atoms with van der Waals surface area (Å²) in [6.45, 7) is 3.65. The van der Waals surface area contributed by atoms with Crippen LogP contribution in [0, 0.1) is 5.92 Å². The van der Waals surface area contributed by atoms with E-state index >= 15 is 0 Å². The molecule has 1 atom stereocenters. The molecule has 3 nitrogen and oxygen atoms in total. The summed E-state index contributed by atoms with van der Waals surface area (Å²) in [5.74, 6) is -1.71. The number of thiocarbonyl (C=S) groups is 1. The highest BCUT2D eigenvalue weighted by Crippen LogP contribution is 2.27. The maximum absolute atomic E-state index is 13.6. The van der Waals surface area contributed by atoms with Crippen LogP contribution in [0.15, 0.2) is 29.0 Å². The molecule has 0 radical (unpaired) electrons. The monoisotopic (exact) mass is 238 g/mol. The van der Waals surface area contributed by atoms with Gasteiger partial charge >= 0.3 is 0 Å². The van der Waals surface area contributed by atoms with E-state index < -0.39 is 11.7 Å². The Morgan fingerprint density at radius 1 is 1.56 bits per heavy atom. The van der Waals surface area contributed by atoms with Gasteiger partial charge in [0.2, 0.25) is 11.0 Å². The van der Waals surface area contributed by atoms with Crippen LogP contribution in [0.3, 0.4) is 0 Å². The van der Waals surface area contributed by atoms with Crippen LogP contribution in [0.5, 0.6) is 0 Å². The lowest BCUT2D eigenvalue weighted by Crippen LogP contribution is -2.49. The van der Waals surface area contributed by atoms with Gasteiger partial charge in [0, 0.05) is 6.04 Å². The molecular weight excluding hydrogens is 227 g/mol. The number of carbonyl (C=O) groups excluding carboxylic acids is 1. The zero-order valence-electron chi connectivity index (χ0n) is 8.98. The summed E-state index contributed by atoms with van der Waals surface area (Å²) < 4.78 is 13.6. The Morgan fingerprint density at radius 3 is 2.88 bits per heavy atom. The SMILES string of the molecule is CC(C)N1C(=O)C2C(F)=CC=CC2=NC1=S. The Morgan fingerprint density at radius 2 is 2.25 bits per heavy atom. The lowest BCUT2D eigenvalue weighted by Gasteiger charge is -2.33. The molecule has 16 heavy (non-hydrogen) atoms. The predicted molar refractivity (Wildman–Crippen MR) is 63.8 cm³/mol. The molecular formula is C11H11FN2OS. The van der Waals surface area contributed by atoms with Crippen LogP contribution in [0.25, 0.3) is 0 Å². The van der Waals surface area contributed by atoms with Crippen molar-refractivity contribution in [3.05, 3.63) is 24.1 Å². The molecule has 1 aliphatic heterocycles. The summed E-state index contributed by atoms with van der Waals surface area (Å²) >= 11 is 5.03. The maximum Gasteiger partial charge on any atom is 0.245 e. The summed E-state index contributed by atoms with van der Waals surface area (Å²) in [4.78, 5) is 17.5. The molecule has 0 bridgehead atoms. The molecule has 84 valence electrons. The fourth-order valence-electron chi connectivity index (χ4n) is 1.79. The number of hydrogen-bond acceptors (Lipinski definition) is 2. The minimum Gasteiger partial charge on any atom is -0.284 e. The highest BCUT2D eigenvalue weighted by atomic mass is 32.1. The fourth-order valence-corrected chi connectivity index (χ4v) is 2.20.